The molecule has 0 saturated carbocycles. The number of hydrogen-bond acceptors (Lipinski definition) is 3. The number of nitrogens with zero attached hydrogens (tertiary/aromatic N) is 3. The first-order valence-corrected chi connectivity index (χ1v) is 9.54. The van der Waals surface area contributed by atoms with Gasteiger partial charge in [-0.1, -0.05) is 34.1 Å². The number of aromatic amines is 1. The topological polar surface area (TPSA) is 63.0 Å². The van der Waals surface area contributed by atoms with Crippen LogP contribution in [0.5, 0.6) is 0 Å². The van der Waals surface area contributed by atoms with Crippen LogP contribution in [0.2, 0.25) is 0 Å². The summed E-state index contributed by atoms with van der Waals surface area (Å²) >= 11 is 6.88. The van der Waals surface area contributed by atoms with Crippen molar-refractivity contribution in [1.82, 2.24) is 14.6 Å². The van der Waals surface area contributed by atoms with Crippen LogP contribution in [0.25, 0.3) is 21.8 Å². The first-order chi connectivity index (χ1) is 12.5. The lowest BCUT2D eigenvalue weighted by atomic mass is 10.1. The Bertz CT molecular complexity index is 1250. The molecule has 7 heteroatoms. The Kier molecular flexibility index (Phi) is 4.28. The van der Waals surface area contributed by atoms with E-state index in [-0.39, 0.29) is 5.56 Å². The minimum atomic E-state index is -0.205. The second-order valence-electron chi connectivity index (χ2n) is 6.01. The third kappa shape index (κ3) is 2.81. The quantitative estimate of drug-likeness (QED) is 0.421. The molecule has 0 aliphatic carbocycles. The van der Waals surface area contributed by atoms with Crippen molar-refractivity contribution in [3.63, 3.8) is 0 Å². The van der Waals surface area contributed by atoms with Crippen LogP contribution < -0.4 is 5.56 Å². The van der Waals surface area contributed by atoms with Gasteiger partial charge in [-0.15, -0.1) is 0 Å². The minimum absolute atomic E-state index is 0.205. The molecule has 2 aromatic carbocycles. The molecule has 0 atom stereocenters. The van der Waals surface area contributed by atoms with E-state index < -0.39 is 0 Å². The summed E-state index contributed by atoms with van der Waals surface area (Å²) in [5.74, 6) is 0.527. The number of hydrogen-bond donors (Lipinski definition) is 1. The standard InChI is InChI=1S/C19H14Br2N4O/c1-10-15(13-5-3-4-6-17(13)23-10)9-22-25-11(2)24-18-14(19(25)26)7-12(20)8-16(18)21/h3-9,23H,1-2H3/b22-9+. The van der Waals surface area contributed by atoms with Crippen LogP contribution in [0.15, 0.2) is 55.2 Å². The molecule has 0 radical (unpaired) electrons. The Hall–Kier alpha value is -2.25. The highest BCUT2D eigenvalue weighted by atomic mass is 79.9. The number of halogens is 2. The molecule has 0 spiro atoms. The van der Waals surface area contributed by atoms with Gasteiger partial charge in [-0.05, 0) is 48.0 Å². The predicted molar refractivity (Wildman–Crippen MR) is 112 cm³/mol. The van der Waals surface area contributed by atoms with Gasteiger partial charge in [-0.3, -0.25) is 4.79 Å². The maximum atomic E-state index is 12.9. The van der Waals surface area contributed by atoms with Crippen molar-refractivity contribution in [3.05, 3.63) is 72.8 Å². The zero-order chi connectivity index (χ0) is 18.4. The molecule has 0 fully saturated rings. The molecular formula is C19H14Br2N4O. The summed E-state index contributed by atoms with van der Waals surface area (Å²) in [6, 6.07) is 11.6. The molecular weight excluding hydrogens is 460 g/mol. The number of rotatable bonds is 2. The fourth-order valence-electron chi connectivity index (χ4n) is 3.03. The summed E-state index contributed by atoms with van der Waals surface area (Å²) in [6.07, 6.45) is 1.71. The highest BCUT2D eigenvalue weighted by Gasteiger charge is 2.12. The molecule has 130 valence electrons. The van der Waals surface area contributed by atoms with Gasteiger partial charge in [0.1, 0.15) is 5.82 Å². The highest BCUT2D eigenvalue weighted by molar-refractivity contribution is 9.11. The largest absolute Gasteiger partial charge is 0.358 e. The molecule has 0 aliphatic heterocycles. The first-order valence-electron chi connectivity index (χ1n) is 7.96. The van der Waals surface area contributed by atoms with Gasteiger partial charge in [0.2, 0.25) is 0 Å². The number of H-pyrrole nitrogens is 1. The van der Waals surface area contributed by atoms with Gasteiger partial charge in [0.15, 0.2) is 0 Å². The van der Waals surface area contributed by atoms with Gasteiger partial charge >= 0.3 is 0 Å². The number of benzene rings is 2. The normalized spacial score (nSPS) is 11.8. The summed E-state index contributed by atoms with van der Waals surface area (Å²) in [5.41, 5.74) is 3.43. The Morgan fingerprint density at radius 1 is 1.15 bits per heavy atom. The van der Waals surface area contributed by atoms with Crippen LogP contribution >= 0.6 is 31.9 Å². The molecule has 0 unspecified atom stereocenters. The van der Waals surface area contributed by atoms with E-state index in [1.165, 1.54) is 4.68 Å². The predicted octanol–water partition coefficient (Wildman–Crippen LogP) is 4.90. The average molecular weight is 474 g/mol. The SMILES string of the molecule is Cc1[nH]c2ccccc2c1/C=N/n1c(C)nc2c(Br)cc(Br)cc2c1=O. The van der Waals surface area contributed by atoms with E-state index in [4.69, 9.17) is 0 Å². The number of para-hydroxylation sites is 1. The molecule has 5 nitrogen and oxygen atoms in total. The molecule has 0 aliphatic rings. The molecule has 26 heavy (non-hydrogen) atoms. The lowest BCUT2D eigenvalue weighted by Crippen LogP contribution is -2.21. The first kappa shape index (κ1) is 17.2. The Morgan fingerprint density at radius 3 is 2.73 bits per heavy atom. The van der Waals surface area contributed by atoms with E-state index >= 15 is 0 Å². The molecule has 0 saturated heterocycles. The zero-order valence-electron chi connectivity index (χ0n) is 14.0. The van der Waals surface area contributed by atoms with Gasteiger partial charge in [0.25, 0.3) is 5.56 Å². The van der Waals surface area contributed by atoms with Crippen molar-refractivity contribution in [2.24, 2.45) is 5.10 Å². The minimum Gasteiger partial charge on any atom is -0.358 e. The Balaban J connectivity index is 1.91. The average Bonchev–Trinajstić information content (AvgIpc) is 2.91. The lowest BCUT2D eigenvalue weighted by Gasteiger charge is -2.07. The molecule has 2 heterocycles. The third-order valence-corrected chi connectivity index (χ3v) is 5.34. The van der Waals surface area contributed by atoms with Crippen molar-refractivity contribution < 1.29 is 0 Å². The van der Waals surface area contributed by atoms with Gasteiger partial charge in [-0.25, -0.2) is 4.98 Å². The smallest absolute Gasteiger partial charge is 0.282 e. The van der Waals surface area contributed by atoms with Crippen molar-refractivity contribution in [1.29, 1.82) is 0 Å². The molecule has 2 aromatic heterocycles. The van der Waals surface area contributed by atoms with Crippen LogP contribution in [0, 0.1) is 13.8 Å². The van der Waals surface area contributed by atoms with E-state index in [1.807, 2.05) is 37.3 Å². The second-order valence-corrected chi connectivity index (χ2v) is 7.78. The van der Waals surface area contributed by atoms with Crippen LogP contribution in [0.3, 0.4) is 0 Å². The van der Waals surface area contributed by atoms with Gasteiger partial charge < -0.3 is 4.98 Å². The van der Waals surface area contributed by atoms with Gasteiger partial charge in [0.05, 0.1) is 17.1 Å². The van der Waals surface area contributed by atoms with E-state index in [2.05, 4.69) is 46.9 Å². The Labute approximate surface area is 166 Å². The van der Waals surface area contributed by atoms with Crippen LogP contribution in [-0.4, -0.2) is 20.9 Å². The van der Waals surface area contributed by atoms with E-state index in [1.54, 1.807) is 19.2 Å². The fraction of sp³-hybridized carbons (Fsp3) is 0.105. The van der Waals surface area contributed by atoms with Gasteiger partial charge in [-0.2, -0.15) is 9.78 Å². The monoisotopic (exact) mass is 472 g/mol. The summed E-state index contributed by atoms with van der Waals surface area (Å²) in [5, 5.41) is 6.01. The summed E-state index contributed by atoms with van der Waals surface area (Å²) < 4.78 is 2.91. The lowest BCUT2D eigenvalue weighted by molar-refractivity contribution is 0.770. The number of aryl methyl sites for hydroxylation is 2. The zero-order valence-corrected chi connectivity index (χ0v) is 17.2. The van der Waals surface area contributed by atoms with Crippen molar-refractivity contribution in [3.8, 4) is 0 Å². The van der Waals surface area contributed by atoms with Crippen LogP contribution in [-0.2, 0) is 0 Å². The van der Waals surface area contributed by atoms with E-state index in [9.17, 15) is 4.79 Å². The number of aromatic nitrogens is 3. The molecule has 4 aromatic rings. The molecule has 4 rings (SSSR count). The van der Waals surface area contributed by atoms with Crippen molar-refractivity contribution in [2.75, 3.05) is 0 Å². The number of fused-ring (bicyclic) bond motifs is 2. The maximum absolute atomic E-state index is 12.9. The summed E-state index contributed by atoms with van der Waals surface area (Å²) in [6.45, 7) is 3.76. The maximum Gasteiger partial charge on any atom is 0.282 e. The second kappa shape index (κ2) is 6.48. The van der Waals surface area contributed by atoms with Crippen LogP contribution in [0.1, 0.15) is 17.1 Å². The van der Waals surface area contributed by atoms with Crippen molar-refractivity contribution >= 4 is 59.9 Å². The summed E-state index contributed by atoms with van der Waals surface area (Å²) in [7, 11) is 0. The van der Waals surface area contributed by atoms with E-state index in [0.717, 1.165) is 31.1 Å². The third-order valence-electron chi connectivity index (χ3n) is 4.28. The highest BCUT2D eigenvalue weighted by Crippen LogP contribution is 2.25. The van der Waals surface area contributed by atoms with E-state index in [0.29, 0.717) is 16.7 Å². The number of nitrogens with one attached hydrogen (secondary N) is 1. The molecule has 1 N–H and O–H groups in total. The molecule has 0 bridgehead atoms. The molecule has 0 amide bonds. The summed E-state index contributed by atoms with van der Waals surface area (Å²) in [4.78, 5) is 20.8. The Morgan fingerprint density at radius 2 is 1.92 bits per heavy atom. The fourth-order valence-corrected chi connectivity index (χ4v) is 4.34. The van der Waals surface area contributed by atoms with Crippen LogP contribution in [0.4, 0.5) is 0 Å². The van der Waals surface area contributed by atoms with Gasteiger partial charge in [0, 0.05) is 31.1 Å². The van der Waals surface area contributed by atoms with Crippen molar-refractivity contribution in [2.45, 2.75) is 13.8 Å².